The van der Waals surface area contributed by atoms with Gasteiger partial charge in [-0.15, -0.1) is 0 Å². The molecule has 0 aliphatic carbocycles. The molecule has 130 valence electrons. The number of rotatable bonds is 5. The van der Waals surface area contributed by atoms with Gasteiger partial charge in [-0.1, -0.05) is 28.1 Å². The Labute approximate surface area is 152 Å². The molecule has 3 rings (SSSR count). The highest BCUT2D eigenvalue weighted by molar-refractivity contribution is 9.10. The van der Waals surface area contributed by atoms with Crippen LogP contribution in [0.3, 0.4) is 0 Å². The first-order chi connectivity index (χ1) is 11.6. The Kier molecular flexibility index (Phi) is 6.06. The SMILES string of the molecule is O=C1CCCC(=O)N1CCCN1CCC(c2ccc(Br)cc2)CC1. The average Bonchev–Trinajstić information content (AvgIpc) is 2.59. The van der Waals surface area contributed by atoms with E-state index in [2.05, 4.69) is 45.1 Å². The summed E-state index contributed by atoms with van der Waals surface area (Å²) < 4.78 is 1.13. The topological polar surface area (TPSA) is 40.6 Å². The van der Waals surface area contributed by atoms with Crippen molar-refractivity contribution in [2.24, 2.45) is 0 Å². The molecular formula is C19H25BrN2O2. The molecule has 0 aromatic heterocycles. The molecule has 4 nitrogen and oxygen atoms in total. The van der Waals surface area contributed by atoms with Gasteiger partial charge in [0.25, 0.3) is 0 Å². The molecule has 0 unspecified atom stereocenters. The predicted octanol–water partition coefficient (Wildman–Crippen LogP) is 3.56. The van der Waals surface area contributed by atoms with E-state index in [0.29, 0.717) is 25.3 Å². The van der Waals surface area contributed by atoms with Crippen molar-refractivity contribution in [3.8, 4) is 0 Å². The van der Waals surface area contributed by atoms with Crippen LogP contribution < -0.4 is 0 Å². The molecule has 24 heavy (non-hydrogen) atoms. The molecule has 2 heterocycles. The summed E-state index contributed by atoms with van der Waals surface area (Å²) in [4.78, 5) is 27.5. The fourth-order valence-electron chi connectivity index (χ4n) is 3.73. The van der Waals surface area contributed by atoms with Crippen molar-refractivity contribution in [3.63, 3.8) is 0 Å². The fraction of sp³-hybridized carbons (Fsp3) is 0.579. The largest absolute Gasteiger partial charge is 0.303 e. The second-order valence-corrected chi connectivity index (χ2v) is 7.73. The molecule has 0 bridgehead atoms. The van der Waals surface area contributed by atoms with Crippen LogP contribution in [-0.2, 0) is 9.59 Å². The lowest BCUT2D eigenvalue weighted by atomic mass is 9.89. The zero-order valence-electron chi connectivity index (χ0n) is 14.0. The summed E-state index contributed by atoms with van der Waals surface area (Å²) in [5.74, 6) is 0.681. The number of nitrogens with zero attached hydrogens (tertiary/aromatic N) is 2. The maximum Gasteiger partial charge on any atom is 0.229 e. The molecule has 0 radical (unpaired) electrons. The molecule has 2 aliphatic rings. The first-order valence-electron chi connectivity index (χ1n) is 8.94. The van der Waals surface area contributed by atoms with Crippen molar-refractivity contribution in [1.29, 1.82) is 0 Å². The number of piperidine rings is 2. The Hall–Kier alpha value is -1.20. The highest BCUT2D eigenvalue weighted by Gasteiger charge is 2.26. The second-order valence-electron chi connectivity index (χ2n) is 6.81. The van der Waals surface area contributed by atoms with Crippen LogP contribution >= 0.6 is 15.9 Å². The molecule has 2 fully saturated rings. The minimum absolute atomic E-state index is 0.0141. The number of carbonyl (C=O) groups is 2. The van der Waals surface area contributed by atoms with Gasteiger partial charge in [0, 0.05) is 23.9 Å². The summed E-state index contributed by atoms with van der Waals surface area (Å²) in [7, 11) is 0. The number of hydrogen-bond donors (Lipinski definition) is 0. The number of amides is 2. The number of hydrogen-bond acceptors (Lipinski definition) is 3. The van der Waals surface area contributed by atoms with Crippen LogP contribution in [0.2, 0.25) is 0 Å². The fourth-order valence-corrected chi connectivity index (χ4v) is 3.99. The molecule has 1 aromatic rings. The average molecular weight is 393 g/mol. The third kappa shape index (κ3) is 4.45. The Morgan fingerprint density at radius 2 is 1.58 bits per heavy atom. The quantitative estimate of drug-likeness (QED) is 0.719. The van der Waals surface area contributed by atoms with E-state index in [1.807, 2.05) is 0 Å². The van der Waals surface area contributed by atoms with Crippen LogP contribution in [0.5, 0.6) is 0 Å². The third-order valence-corrected chi connectivity index (χ3v) is 5.70. The van der Waals surface area contributed by atoms with Gasteiger partial charge in [0.2, 0.25) is 11.8 Å². The number of halogens is 1. The molecule has 0 spiro atoms. The predicted molar refractivity (Wildman–Crippen MR) is 97.7 cm³/mol. The maximum atomic E-state index is 11.8. The molecule has 5 heteroatoms. The monoisotopic (exact) mass is 392 g/mol. The summed E-state index contributed by atoms with van der Waals surface area (Å²) in [6.07, 6.45) is 5.04. The molecule has 2 saturated heterocycles. The van der Waals surface area contributed by atoms with Crippen LogP contribution in [0.15, 0.2) is 28.7 Å². The summed E-state index contributed by atoms with van der Waals surface area (Å²) in [5, 5.41) is 0. The second kappa shape index (κ2) is 8.26. The molecule has 0 atom stereocenters. The van der Waals surface area contributed by atoms with Crippen molar-refractivity contribution in [3.05, 3.63) is 34.3 Å². The summed E-state index contributed by atoms with van der Waals surface area (Å²) in [6.45, 7) is 3.76. The van der Waals surface area contributed by atoms with Crippen molar-refractivity contribution >= 4 is 27.7 Å². The molecule has 2 aliphatic heterocycles. The van der Waals surface area contributed by atoms with Crippen molar-refractivity contribution in [1.82, 2.24) is 9.80 Å². The minimum atomic E-state index is 0.0141. The van der Waals surface area contributed by atoms with Crippen LogP contribution in [0.4, 0.5) is 0 Å². The van der Waals surface area contributed by atoms with Gasteiger partial charge in [-0.25, -0.2) is 0 Å². The van der Waals surface area contributed by atoms with Gasteiger partial charge in [0.1, 0.15) is 0 Å². The third-order valence-electron chi connectivity index (χ3n) is 5.17. The van der Waals surface area contributed by atoms with Gasteiger partial charge < -0.3 is 4.90 Å². The van der Waals surface area contributed by atoms with E-state index in [0.717, 1.165) is 36.9 Å². The minimum Gasteiger partial charge on any atom is -0.303 e. The number of imide groups is 1. The Bertz CT molecular complexity index is 564. The van der Waals surface area contributed by atoms with E-state index in [-0.39, 0.29) is 11.8 Å². The van der Waals surface area contributed by atoms with Gasteiger partial charge >= 0.3 is 0 Å². The van der Waals surface area contributed by atoms with Gasteiger partial charge in [-0.05, 0) is 68.9 Å². The van der Waals surface area contributed by atoms with Crippen molar-refractivity contribution in [2.75, 3.05) is 26.2 Å². The molecule has 0 N–H and O–H groups in total. The zero-order valence-corrected chi connectivity index (χ0v) is 15.6. The van der Waals surface area contributed by atoms with Gasteiger partial charge in [-0.3, -0.25) is 14.5 Å². The molecule has 0 saturated carbocycles. The van der Waals surface area contributed by atoms with E-state index in [9.17, 15) is 9.59 Å². The first-order valence-corrected chi connectivity index (χ1v) is 9.74. The maximum absolute atomic E-state index is 11.8. The molecular weight excluding hydrogens is 368 g/mol. The zero-order chi connectivity index (χ0) is 16.9. The number of benzene rings is 1. The summed E-state index contributed by atoms with van der Waals surface area (Å²) >= 11 is 3.49. The van der Waals surface area contributed by atoms with Crippen molar-refractivity contribution < 1.29 is 9.59 Å². The lowest BCUT2D eigenvalue weighted by Gasteiger charge is -2.33. The summed E-state index contributed by atoms with van der Waals surface area (Å²) in [6, 6.07) is 8.68. The Morgan fingerprint density at radius 1 is 0.958 bits per heavy atom. The van der Waals surface area contributed by atoms with Gasteiger partial charge in [-0.2, -0.15) is 0 Å². The van der Waals surface area contributed by atoms with Crippen LogP contribution in [0, 0.1) is 0 Å². The number of carbonyl (C=O) groups excluding carboxylic acids is 2. The normalized spacial score (nSPS) is 20.6. The van der Waals surface area contributed by atoms with E-state index in [1.54, 1.807) is 0 Å². The lowest BCUT2D eigenvalue weighted by Crippen LogP contribution is -2.42. The Balaban J connectivity index is 1.40. The molecule has 1 aromatic carbocycles. The van der Waals surface area contributed by atoms with Crippen molar-refractivity contribution in [2.45, 2.75) is 44.4 Å². The first kappa shape index (κ1) is 17.6. The van der Waals surface area contributed by atoms with E-state index in [4.69, 9.17) is 0 Å². The van der Waals surface area contributed by atoms with Gasteiger partial charge in [0.05, 0.1) is 0 Å². The highest BCUT2D eigenvalue weighted by Crippen LogP contribution is 2.28. The van der Waals surface area contributed by atoms with E-state index < -0.39 is 0 Å². The van der Waals surface area contributed by atoms with Crippen LogP contribution in [0.25, 0.3) is 0 Å². The Morgan fingerprint density at radius 3 is 2.21 bits per heavy atom. The van der Waals surface area contributed by atoms with Crippen LogP contribution in [-0.4, -0.2) is 47.8 Å². The standard InChI is InChI=1S/C19H25BrN2O2/c20-17-7-5-15(6-8-17)16-9-13-21(14-10-16)11-2-12-22-18(23)3-1-4-19(22)24/h5-8,16H,1-4,9-14H2. The highest BCUT2D eigenvalue weighted by atomic mass is 79.9. The van der Waals surface area contributed by atoms with Gasteiger partial charge in [0.15, 0.2) is 0 Å². The smallest absolute Gasteiger partial charge is 0.229 e. The number of likely N-dealkylation sites (tertiary alicyclic amines) is 2. The summed E-state index contributed by atoms with van der Waals surface area (Å²) in [5.41, 5.74) is 1.43. The lowest BCUT2D eigenvalue weighted by molar-refractivity contribution is -0.148. The van der Waals surface area contributed by atoms with E-state index in [1.165, 1.54) is 23.3 Å². The van der Waals surface area contributed by atoms with E-state index >= 15 is 0 Å². The van der Waals surface area contributed by atoms with Crippen LogP contribution in [0.1, 0.15) is 50.0 Å². The molecule has 2 amide bonds.